The molecule has 5 nitrogen and oxygen atoms in total. The van der Waals surface area contributed by atoms with Crippen LogP contribution >= 0.6 is 0 Å². The quantitative estimate of drug-likeness (QED) is 0.455. The fraction of sp³-hybridized carbons (Fsp3) is 0.231. The molecule has 31 heavy (non-hydrogen) atoms. The first-order valence-electron chi connectivity index (χ1n) is 10.4. The van der Waals surface area contributed by atoms with Crippen LogP contribution in [0.2, 0.25) is 0 Å². The smallest absolute Gasteiger partial charge is 0.244 e. The van der Waals surface area contributed by atoms with E-state index in [0.717, 1.165) is 50.5 Å². The third-order valence-corrected chi connectivity index (χ3v) is 5.48. The molecule has 4 aromatic rings. The van der Waals surface area contributed by atoms with Crippen molar-refractivity contribution in [1.82, 2.24) is 9.55 Å². The maximum absolute atomic E-state index is 13.0. The average Bonchev–Trinajstić information content (AvgIpc) is 3.09. The van der Waals surface area contributed by atoms with E-state index >= 15 is 0 Å². The monoisotopic (exact) mass is 413 g/mol. The largest absolute Gasteiger partial charge is 0.485 e. The lowest BCUT2D eigenvalue weighted by molar-refractivity contribution is -0.116. The van der Waals surface area contributed by atoms with Gasteiger partial charge in [-0.2, -0.15) is 0 Å². The molecule has 5 heteroatoms. The number of aryl methyl sites for hydroxylation is 4. The van der Waals surface area contributed by atoms with Gasteiger partial charge in [-0.25, -0.2) is 4.98 Å². The van der Waals surface area contributed by atoms with Crippen molar-refractivity contribution in [2.75, 3.05) is 5.32 Å². The summed E-state index contributed by atoms with van der Waals surface area (Å²) in [6, 6.07) is 20.0. The molecule has 0 saturated carbocycles. The summed E-state index contributed by atoms with van der Waals surface area (Å²) < 4.78 is 8.03. The molecule has 3 aromatic carbocycles. The minimum absolute atomic E-state index is 0.0893. The number of nitrogens with zero attached hydrogens (tertiary/aromatic N) is 2. The van der Waals surface area contributed by atoms with Crippen LogP contribution < -0.4 is 10.1 Å². The lowest BCUT2D eigenvalue weighted by Crippen LogP contribution is -2.21. The van der Waals surface area contributed by atoms with Gasteiger partial charge in [-0.05, 0) is 68.1 Å². The van der Waals surface area contributed by atoms with Crippen LogP contribution in [0.4, 0.5) is 5.69 Å². The Balaban J connectivity index is 1.60. The lowest BCUT2D eigenvalue weighted by Gasteiger charge is -2.14. The van der Waals surface area contributed by atoms with Gasteiger partial charge in [-0.1, -0.05) is 42.5 Å². The van der Waals surface area contributed by atoms with E-state index in [-0.39, 0.29) is 19.1 Å². The summed E-state index contributed by atoms with van der Waals surface area (Å²) in [6.45, 7) is 8.52. The Bertz CT molecular complexity index is 1240. The molecule has 0 bridgehead atoms. The molecule has 1 aromatic heterocycles. The van der Waals surface area contributed by atoms with Crippen LogP contribution in [0.25, 0.3) is 11.0 Å². The van der Waals surface area contributed by atoms with E-state index in [9.17, 15) is 4.79 Å². The van der Waals surface area contributed by atoms with E-state index in [1.807, 2.05) is 86.9 Å². The van der Waals surface area contributed by atoms with Crippen LogP contribution in [0, 0.1) is 27.7 Å². The number of fused-ring (bicyclic) bond motifs is 1. The van der Waals surface area contributed by atoms with Gasteiger partial charge in [0, 0.05) is 5.69 Å². The van der Waals surface area contributed by atoms with Gasteiger partial charge in [0.2, 0.25) is 5.91 Å². The molecule has 0 atom stereocenters. The van der Waals surface area contributed by atoms with Gasteiger partial charge in [0.05, 0.1) is 11.0 Å². The topological polar surface area (TPSA) is 56.2 Å². The summed E-state index contributed by atoms with van der Waals surface area (Å²) in [5.74, 6) is 1.46. The number of rotatable bonds is 6. The average molecular weight is 414 g/mol. The predicted molar refractivity (Wildman–Crippen MR) is 125 cm³/mol. The highest BCUT2D eigenvalue weighted by molar-refractivity contribution is 5.93. The zero-order valence-corrected chi connectivity index (χ0v) is 18.4. The number of carbonyl (C=O) groups excluding carboxylic acids is 1. The van der Waals surface area contributed by atoms with E-state index in [1.54, 1.807) is 0 Å². The van der Waals surface area contributed by atoms with E-state index in [0.29, 0.717) is 0 Å². The fourth-order valence-corrected chi connectivity index (χ4v) is 3.75. The van der Waals surface area contributed by atoms with Crippen LogP contribution in [0.15, 0.2) is 60.7 Å². The first kappa shape index (κ1) is 20.7. The molecule has 0 aliphatic rings. The summed E-state index contributed by atoms with van der Waals surface area (Å²) in [7, 11) is 0. The second-order valence-electron chi connectivity index (χ2n) is 7.98. The third kappa shape index (κ3) is 4.45. The molecule has 1 amide bonds. The van der Waals surface area contributed by atoms with Crippen LogP contribution in [0.1, 0.15) is 28.1 Å². The highest BCUT2D eigenvalue weighted by atomic mass is 16.5. The standard InChI is InChI=1S/C26H27N3O2/c1-17-12-13-18(2)23(14-17)31-16-24-27-21-10-5-6-11-22(21)29(24)15-25(30)28-26-19(3)8-7-9-20(26)4/h5-14H,15-16H2,1-4H3,(H,28,30). The van der Waals surface area contributed by atoms with Crippen molar-refractivity contribution in [2.45, 2.75) is 40.8 Å². The number of imidazole rings is 1. The number of carbonyl (C=O) groups is 1. The number of nitrogens with one attached hydrogen (secondary N) is 1. The molecule has 0 aliphatic heterocycles. The first-order chi connectivity index (χ1) is 14.9. The van der Waals surface area contributed by atoms with Gasteiger partial charge in [-0.15, -0.1) is 0 Å². The van der Waals surface area contributed by atoms with Crippen molar-refractivity contribution >= 4 is 22.6 Å². The summed E-state index contributed by atoms with van der Waals surface area (Å²) in [6.07, 6.45) is 0. The second-order valence-corrected chi connectivity index (χ2v) is 7.98. The number of amides is 1. The van der Waals surface area contributed by atoms with Gasteiger partial charge in [0.15, 0.2) is 0 Å². The molecule has 0 fully saturated rings. The fourth-order valence-electron chi connectivity index (χ4n) is 3.75. The van der Waals surface area contributed by atoms with Crippen molar-refractivity contribution in [3.05, 3.63) is 88.7 Å². The van der Waals surface area contributed by atoms with Crippen LogP contribution in [0.5, 0.6) is 5.75 Å². The van der Waals surface area contributed by atoms with Gasteiger partial charge in [0.1, 0.15) is 24.7 Å². The number of hydrogen-bond donors (Lipinski definition) is 1. The Morgan fingerprint density at radius 3 is 2.45 bits per heavy atom. The Labute approximate surface area is 182 Å². The van der Waals surface area contributed by atoms with Gasteiger partial charge < -0.3 is 14.6 Å². The Hall–Kier alpha value is -3.60. The minimum atomic E-state index is -0.0893. The van der Waals surface area contributed by atoms with Gasteiger partial charge in [0.25, 0.3) is 0 Å². The van der Waals surface area contributed by atoms with E-state index in [1.165, 1.54) is 0 Å². The van der Waals surface area contributed by atoms with Crippen molar-refractivity contribution in [3.63, 3.8) is 0 Å². The number of hydrogen-bond acceptors (Lipinski definition) is 3. The lowest BCUT2D eigenvalue weighted by atomic mass is 10.1. The number of para-hydroxylation sites is 3. The van der Waals surface area contributed by atoms with Crippen LogP contribution in [0.3, 0.4) is 0 Å². The minimum Gasteiger partial charge on any atom is -0.485 e. The third-order valence-electron chi connectivity index (χ3n) is 5.48. The predicted octanol–water partition coefficient (Wildman–Crippen LogP) is 5.49. The highest BCUT2D eigenvalue weighted by Crippen LogP contribution is 2.23. The molecule has 0 saturated heterocycles. The summed E-state index contributed by atoms with van der Waals surface area (Å²) in [4.78, 5) is 17.7. The van der Waals surface area contributed by atoms with E-state index in [2.05, 4.69) is 11.4 Å². The maximum atomic E-state index is 13.0. The van der Waals surface area contributed by atoms with Gasteiger partial charge >= 0.3 is 0 Å². The molecule has 4 rings (SSSR count). The Morgan fingerprint density at radius 1 is 0.935 bits per heavy atom. The Kier molecular flexibility index (Phi) is 5.76. The number of anilines is 1. The normalized spacial score (nSPS) is 11.0. The van der Waals surface area contributed by atoms with Crippen LogP contribution in [-0.4, -0.2) is 15.5 Å². The van der Waals surface area contributed by atoms with Gasteiger partial charge in [-0.3, -0.25) is 4.79 Å². The zero-order chi connectivity index (χ0) is 22.0. The molecular weight excluding hydrogens is 386 g/mol. The summed E-state index contributed by atoms with van der Waals surface area (Å²) in [5.41, 5.74) is 6.93. The van der Waals surface area contributed by atoms with Crippen molar-refractivity contribution in [2.24, 2.45) is 0 Å². The number of ether oxygens (including phenoxy) is 1. The molecule has 0 unspecified atom stereocenters. The SMILES string of the molecule is Cc1ccc(C)c(OCc2nc3ccccc3n2CC(=O)Nc2c(C)cccc2C)c1. The Morgan fingerprint density at radius 2 is 1.68 bits per heavy atom. The molecule has 1 heterocycles. The first-order valence-corrected chi connectivity index (χ1v) is 10.4. The molecular formula is C26H27N3O2. The summed E-state index contributed by atoms with van der Waals surface area (Å²) >= 11 is 0. The number of benzene rings is 3. The molecule has 1 N–H and O–H groups in total. The van der Waals surface area contributed by atoms with Crippen molar-refractivity contribution < 1.29 is 9.53 Å². The van der Waals surface area contributed by atoms with E-state index in [4.69, 9.17) is 9.72 Å². The zero-order valence-electron chi connectivity index (χ0n) is 18.4. The second kappa shape index (κ2) is 8.64. The highest BCUT2D eigenvalue weighted by Gasteiger charge is 2.16. The maximum Gasteiger partial charge on any atom is 0.244 e. The molecule has 0 aliphatic carbocycles. The van der Waals surface area contributed by atoms with Crippen molar-refractivity contribution in [3.8, 4) is 5.75 Å². The molecule has 0 spiro atoms. The summed E-state index contributed by atoms with van der Waals surface area (Å²) in [5, 5.41) is 3.07. The van der Waals surface area contributed by atoms with Crippen LogP contribution in [-0.2, 0) is 17.9 Å². The van der Waals surface area contributed by atoms with Crippen molar-refractivity contribution in [1.29, 1.82) is 0 Å². The number of aromatic nitrogens is 2. The van der Waals surface area contributed by atoms with E-state index < -0.39 is 0 Å². The molecule has 0 radical (unpaired) electrons. The molecule has 158 valence electrons.